The maximum absolute atomic E-state index is 9.23. The predicted molar refractivity (Wildman–Crippen MR) is 105 cm³/mol. The van der Waals surface area contributed by atoms with Gasteiger partial charge in [0.05, 0.1) is 11.6 Å². The van der Waals surface area contributed by atoms with E-state index in [1.165, 1.54) is 23.2 Å². The molecule has 0 amide bonds. The van der Waals surface area contributed by atoms with Crippen LogP contribution in [-0.4, -0.2) is 16.5 Å². The monoisotopic (exact) mass is 431 g/mol. The average molecular weight is 431 g/mol. The minimum atomic E-state index is 0.0878. The highest BCUT2D eigenvalue weighted by Crippen LogP contribution is 2.52. The Balaban J connectivity index is 0.000000815. The molecule has 1 aliphatic heterocycles. The van der Waals surface area contributed by atoms with Crippen LogP contribution in [0.5, 0.6) is 0 Å². The number of pyridine rings is 1. The van der Waals surface area contributed by atoms with Gasteiger partial charge in [-0.3, -0.25) is 4.98 Å². The number of nitrogens with one attached hydrogen (secondary N) is 1. The molecule has 24 heavy (non-hydrogen) atoms. The molecular formula is C20H22IN3. The first kappa shape index (κ1) is 17.4. The Bertz CT molecular complexity index is 732. The fourth-order valence-electron chi connectivity index (χ4n) is 4.02. The van der Waals surface area contributed by atoms with Gasteiger partial charge in [0.2, 0.25) is 0 Å². The molecule has 0 spiro atoms. The molecule has 0 saturated heterocycles. The van der Waals surface area contributed by atoms with Crippen molar-refractivity contribution in [1.82, 2.24) is 10.3 Å². The number of rotatable bonds is 2. The van der Waals surface area contributed by atoms with Gasteiger partial charge in [0.25, 0.3) is 0 Å². The lowest BCUT2D eigenvalue weighted by Gasteiger charge is -2.49. The first-order chi connectivity index (χ1) is 11.8. The first-order valence-corrected chi connectivity index (χ1v) is 10.5. The molecule has 2 aromatic rings. The zero-order valence-electron chi connectivity index (χ0n) is 13.9. The number of hydrogen-bond acceptors (Lipinski definition) is 3. The minimum absolute atomic E-state index is 0.0878. The summed E-state index contributed by atoms with van der Waals surface area (Å²) in [7, 11) is 0. The quantitative estimate of drug-likeness (QED) is 0.570. The van der Waals surface area contributed by atoms with Crippen molar-refractivity contribution in [2.45, 2.75) is 37.1 Å². The summed E-state index contributed by atoms with van der Waals surface area (Å²) < 4.78 is 0. The molecule has 1 unspecified atom stereocenters. The van der Waals surface area contributed by atoms with E-state index >= 15 is 0 Å². The summed E-state index contributed by atoms with van der Waals surface area (Å²) in [6.07, 6.45) is 6.51. The van der Waals surface area contributed by atoms with Crippen LogP contribution in [0.1, 0.15) is 47.7 Å². The van der Waals surface area contributed by atoms with Crippen LogP contribution in [0.2, 0.25) is 0 Å². The van der Waals surface area contributed by atoms with Gasteiger partial charge in [0.15, 0.2) is 0 Å². The van der Waals surface area contributed by atoms with Crippen LogP contribution >= 0.6 is 22.6 Å². The van der Waals surface area contributed by atoms with E-state index in [-0.39, 0.29) is 11.5 Å². The number of benzene rings is 1. The van der Waals surface area contributed by atoms with E-state index in [0.717, 1.165) is 31.4 Å². The third-order valence-electron chi connectivity index (χ3n) is 5.30. The summed E-state index contributed by atoms with van der Waals surface area (Å²) in [5, 5.41) is 13.0. The summed E-state index contributed by atoms with van der Waals surface area (Å²) in [6, 6.07) is 14.9. The zero-order chi connectivity index (χ0) is 17.0. The molecule has 1 aliphatic carbocycles. The minimum Gasteiger partial charge on any atom is -0.309 e. The number of halogens is 1. The van der Waals surface area contributed by atoms with Gasteiger partial charge in [0, 0.05) is 23.3 Å². The molecule has 1 N–H and O–H groups in total. The zero-order valence-corrected chi connectivity index (χ0v) is 16.1. The Hall–Kier alpha value is -1.45. The molecule has 0 bridgehead atoms. The highest BCUT2D eigenvalue weighted by Gasteiger charge is 2.48. The van der Waals surface area contributed by atoms with Gasteiger partial charge < -0.3 is 5.32 Å². The second kappa shape index (κ2) is 7.62. The molecule has 2 aliphatic rings. The van der Waals surface area contributed by atoms with Gasteiger partial charge in [0.1, 0.15) is 0 Å². The van der Waals surface area contributed by atoms with Gasteiger partial charge in [-0.2, -0.15) is 5.26 Å². The highest BCUT2D eigenvalue weighted by molar-refractivity contribution is 14.1. The summed E-state index contributed by atoms with van der Waals surface area (Å²) in [4.78, 5) is 6.63. The number of aromatic nitrogens is 1. The van der Waals surface area contributed by atoms with Crippen molar-refractivity contribution < 1.29 is 0 Å². The molecule has 1 aromatic heterocycles. The van der Waals surface area contributed by atoms with Crippen LogP contribution in [0.15, 0.2) is 42.6 Å². The Morgan fingerprint density at radius 3 is 2.71 bits per heavy atom. The van der Waals surface area contributed by atoms with Crippen molar-refractivity contribution in [2.24, 2.45) is 0 Å². The predicted octanol–water partition coefficient (Wildman–Crippen LogP) is 4.31. The standard InChI is InChI=1S/C19H19N3.CH3I/c20-13-14-5-6-15-7-11-22-18(16(15)12-14)19(8-3-9-19)17-4-1-2-10-21-17;1-2/h1-2,4-6,10,12,18,22H,3,7-9,11H2;1H3. The molecule has 4 rings (SSSR count). The maximum atomic E-state index is 9.23. The van der Waals surface area contributed by atoms with Crippen molar-refractivity contribution >= 4 is 22.6 Å². The van der Waals surface area contributed by atoms with E-state index in [1.807, 2.05) is 23.3 Å². The van der Waals surface area contributed by atoms with Crippen LogP contribution in [0.25, 0.3) is 0 Å². The molecule has 0 radical (unpaired) electrons. The summed E-state index contributed by atoms with van der Waals surface area (Å²) >= 11 is 2.15. The second-order valence-corrected chi connectivity index (χ2v) is 6.39. The van der Waals surface area contributed by atoms with Crippen LogP contribution in [0, 0.1) is 11.3 Å². The van der Waals surface area contributed by atoms with Gasteiger partial charge in [-0.25, -0.2) is 0 Å². The number of nitriles is 1. The van der Waals surface area contributed by atoms with Crippen molar-refractivity contribution in [3.8, 4) is 6.07 Å². The molecule has 2 heterocycles. The summed E-state index contributed by atoms with van der Waals surface area (Å²) in [5.41, 5.74) is 4.71. The molecule has 1 aromatic carbocycles. The smallest absolute Gasteiger partial charge is 0.0991 e. The third kappa shape index (κ3) is 2.96. The van der Waals surface area contributed by atoms with Gasteiger partial charge in [-0.15, -0.1) is 0 Å². The van der Waals surface area contributed by atoms with Crippen LogP contribution in [0.3, 0.4) is 0 Å². The largest absolute Gasteiger partial charge is 0.309 e. The van der Waals surface area contributed by atoms with E-state index in [0.29, 0.717) is 0 Å². The lowest BCUT2D eigenvalue weighted by Crippen LogP contribution is -2.49. The second-order valence-electron chi connectivity index (χ2n) is 6.39. The molecule has 1 saturated carbocycles. The van der Waals surface area contributed by atoms with E-state index in [1.54, 1.807) is 0 Å². The normalized spacial score (nSPS) is 20.6. The van der Waals surface area contributed by atoms with Crippen molar-refractivity contribution in [2.75, 3.05) is 11.5 Å². The Morgan fingerprint density at radius 1 is 1.25 bits per heavy atom. The first-order valence-electron chi connectivity index (χ1n) is 8.39. The lowest BCUT2D eigenvalue weighted by atomic mass is 9.59. The average Bonchev–Trinajstić information content (AvgIpc) is 2.63. The van der Waals surface area contributed by atoms with Gasteiger partial charge in [-0.05, 0) is 66.1 Å². The highest BCUT2D eigenvalue weighted by atomic mass is 127. The molecule has 3 nitrogen and oxygen atoms in total. The Kier molecular flexibility index (Phi) is 5.52. The fraction of sp³-hybridized carbons (Fsp3) is 0.400. The van der Waals surface area contributed by atoms with Crippen molar-refractivity contribution in [3.63, 3.8) is 0 Å². The third-order valence-corrected chi connectivity index (χ3v) is 5.30. The number of fused-ring (bicyclic) bond motifs is 1. The lowest BCUT2D eigenvalue weighted by molar-refractivity contribution is 0.159. The number of nitrogens with zero attached hydrogens (tertiary/aromatic N) is 2. The SMILES string of the molecule is CI.N#Cc1ccc2c(c1)C(C1(c3ccccn3)CCC1)NCC2. The Labute approximate surface area is 157 Å². The van der Waals surface area contributed by atoms with Crippen molar-refractivity contribution in [1.29, 1.82) is 5.26 Å². The topological polar surface area (TPSA) is 48.7 Å². The van der Waals surface area contributed by atoms with E-state index in [9.17, 15) is 5.26 Å². The van der Waals surface area contributed by atoms with E-state index in [4.69, 9.17) is 0 Å². The molecule has 1 fully saturated rings. The summed E-state index contributed by atoms with van der Waals surface area (Å²) in [5.74, 6) is 0. The fourth-order valence-corrected chi connectivity index (χ4v) is 4.02. The van der Waals surface area contributed by atoms with Crippen molar-refractivity contribution in [3.05, 3.63) is 65.0 Å². The molecular weight excluding hydrogens is 409 g/mol. The number of alkyl halides is 1. The molecule has 4 heteroatoms. The maximum Gasteiger partial charge on any atom is 0.0991 e. The van der Waals surface area contributed by atoms with Gasteiger partial charge >= 0.3 is 0 Å². The van der Waals surface area contributed by atoms with E-state index in [2.05, 4.69) is 63.2 Å². The van der Waals surface area contributed by atoms with Crippen LogP contribution in [-0.2, 0) is 11.8 Å². The van der Waals surface area contributed by atoms with Gasteiger partial charge in [-0.1, -0.05) is 41.1 Å². The van der Waals surface area contributed by atoms with Crippen LogP contribution < -0.4 is 5.32 Å². The van der Waals surface area contributed by atoms with Crippen LogP contribution in [0.4, 0.5) is 0 Å². The molecule has 1 atom stereocenters. The van der Waals surface area contributed by atoms with E-state index < -0.39 is 0 Å². The number of hydrogen-bond donors (Lipinski definition) is 1. The molecule has 124 valence electrons. The summed E-state index contributed by atoms with van der Waals surface area (Å²) in [6.45, 7) is 0.998. The Morgan fingerprint density at radius 2 is 2.08 bits per heavy atom.